The summed E-state index contributed by atoms with van der Waals surface area (Å²) in [6.45, 7) is 0. The van der Waals surface area contributed by atoms with Crippen LogP contribution >= 0.6 is 23.2 Å². The molecule has 0 N–H and O–H groups in total. The Morgan fingerprint density at radius 2 is 1.65 bits per heavy atom. The second kappa shape index (κ2) is 9.34. The number of nitroso groups, excluding NO2 is 1. The van der Waals surface area contributed by atoms with Gasteiger partial charge in [-0.1, -0.05) is 40.5 Å². The van der Waals surface area contributed by atoms with Crippen LogP contribution in [0.1, 0.15) is 35.1 Å². The van der Waals surface area contributed by atoms with E-state index in [1.807, 2.05) is 0 Å². The molecule has 1 aromatic heterocycles. The van der Waals surface area contributed by atoms with Gasteiger partial charge in [-0.2, -0.15) is 4.91 Å². The third-order valence-corrected chi connectivity index (χ3v) is 6.83. The molecule has 0 radical (unpaired) electrons. The molecule has 0 aliphatic heterocycles. The van der Waals surface area contributed by atoms with Gasteiger partial charge in [0.25, 0.3) is 0 Å². The van der Waals surface area contributed by atoms with E-state index in [0.29, 0.717) is 21.2 Å². The van der Waals surface area contributed by atoms with Crippen LogP contribution in [0.3, 0.4) is 0 Å². The van der Waals surface area contributed by atoms with Gasteiger partial charge in [0.1, 0.15) is 6.04 Å². The Bertz CT molecular complexity index is 1270. The van der Waals surface area contributed by atoms with Gasteiger partial charge in [0.05, 0.1) is 4.90 Å². The van der Waals surface area contributed by atoms with Crippen LogP contribution in [0, 0.1) is 4.91 Å². The van der Waals surface area contributed by atoms with Crippen LogP contribution in [-0.2, 0) is 16.9 Å². The third kappa shape index (κ3) is 5.42. The zero-order valence-corrected chi connectivity index (χ0v) is 19.2. The fraction of sp³-hybridized carbons (Fsp3) is 0.227. The van der Waals surface area contributed by atoms with E-state index in [1.54, 1.807) is 49.6 Å². The second-order valence-corrected chi connectivity index (χ2v) is 10.2. The molecule has 0 saturated heterocycles. The summed E-state index contributed by atoms with van der Waals surface area (Å²) < 4.78 is 25.0. The zero-order chi connectivity index (χ0) is 22.8. The average Bonchev–Trinajstić information content (AvgIpc) is 2.73. The summed E-state index contributed by atoms with van der Waals surface area (Å²) in [6.07, 6.45) is 2.97. The van der Waals surface area contributed by atoms with Crippen molar-refractivity contribution in [2.45, 2.75) is 23.3 Å². The van der Waals surface area contributed by atoms with Gasteiger partial charge in [0.2, 0.25) is 5.56 Å². The van der Waals surface area contributed by atoms with Crippen LogP contribution in [0.4, 0.5) is 0 Å². The minimum Gasteiger partial charge on any atom is -0.318 e. The molecule has 31 heavy (non-hydrogen) atoms. The SMILES string of the molecule is Cn1cc(C(CC(c2ccc(S(C)(=O)=O)cc2)c2cc(Cl)ccc2Cl)N=O)ccc1=O. The van der Waals surface area contributed by atoms with Gasteiger partial charge in [-0.3, -0.25) is 4.79 Å². The topological polar surface area (TPSA) is 85.6 Å². The smallest absolute Gasteiger partial charge is 0.250 e. The molecular weight excluding hydrogens is 459 g/mol. The molecule has 2 atom stereocenters. The molecule has 6 nitrogen and oxygen atoms in total. The van der Waals surface area contributed by atoms with Gasteiger partial charge in [0, 0.05) is 41.5 Å². The highest BCUT2D eigenvalue weighted by Gasteiger charge is 2.25. The summed E-state index contributed by atoms with van der Waals surface area (Å²) in [5.74, 6) is -0.389. The first kappa shape index (κ1) is 23.2. The predicted octanol–water partition coefficient (Wildman–Crippen LogP) is 5.13. The first-order valence-electron chi connectivity index (χ1n) is 9.34. The molecule has 1 heterocycles. The monoisotopic (exact) mass is 478 g/mol. The van der Waals surface area contributed by atoms with Crippen molar-refractivity contribution in [3.05, 3.63) is 103 Å². The van der Waals surface area contributed by atoms with Gasteiger partial charge in [-0.15, -0.1) is 0 Å². The number of nitrogens with zero attached hydrogens (tertiary/aromatic N) is 2. The first-order chi connectivity index (χ1) is 14.6. The Morgan fingerprint density at radius 3 is 2.23 bits per heavy atom. The minimum absolute atomic E-state index is 0.190. The summed E-state index contributed by atoms with van der Waals surface area (Å²) in [4.78, 5) is 23.7. The van der Waals surface area contributed by atoms with Crippen LogP contribution in [0.25, 0.3) is 0 Å². The lowest BCUT2D eigenvalue weighted by molar-refractivity contribution is 0.587. The molecule has 0 spiro atoms. The van der Waals surface area contributed by atoms with E-state index in [0.717, 1.165) is 11.8 Å². The predicted molar refractivity (Wildman–Crippen MR) is 123 cm³/mol. The first-order valence-corrected chi connectivity index (χ1v) is 12.0. The van der Waals surface area contributed by atoms with Crippen molar-refractivity contribution < 1.29 is 8.42 Å². The number of hydrogen-bond acceptors (Lipinski definition) is 5. The second-order valence-electron chi connectivity index (χ2n) is 7.33. The highest BCUT2D eigenvalue weighted by atomic mass is 35.5. The van der Waals surface area contributed by atoms with E-state index in [2.05, 4.69) is 5.18 Å². The lowest BCUT2D eigenvalue weighted by atomic mass is 9.84. The Balaban J connectivity index is 2.09. The Kier molecular flexibility index (Phi) is 6.99. The summed E-state index contributed by atoms with van der Waals surface area (Å²) in [6, 6.07) is 13.7. The van der Waals surface area contributed by atoms with Crippen molar-refractivity contribution in [2.75, 3.05) is 6.26 Å². The quantitative estimate of drug-likeness (QED) is 0.440. The number of benzene rings is 2. The van der Waals surface area contributed by atoms with Gasteiger partial charge >= 0.3 is 0 Å². The Morgan fingerprint density at radius 1 is 1.00 bits per heavy atom. The number of sulfone groups is 1. The molecule has 3 rings (SSSR count). The largest absolute Gasteiger partial charge is 0.318 e. The fourth-order valence-electron chi connectivity index (χ4n) is 3.45. The van der Waals surface area contributed by atoms with Crippen molar-refractivity contribution in [1.29, 1.82) is 0 Å². The van der Waals surface area contributed by atoms with Gasteiger partial charge < -0.3 is 4.57 Å². The van der Waals surface area contributed by atoms with E-state index in [-0.39, 0.29) is 22.8 Å². The number of aromatic nitrogens is 1. The third-order valence-electron chi connectivity index (χ3n) is 5.12. The van der Waals surface area contributed by atoms with E-state index in [4.69, 9.17) is 23.2 Å². The maximum absolute atomic E-state index is 11.8. The standard InChI is InChI=1S/C22H20Cl2N2O4S/c1-26-13-15(5-10-22(26)27)21(25-28)12-18(19-11-16(23)6-9-20(19)24)14-3-7-17(8-4-14)31(2,29)30/h3-11,13,18,21H,12H2,1-2H3. The molecule has 0 aliphatic rings. The lowest BCUT2D eigenvalue weighted by Crippen LogP contribution is -2.16. The van der Waals surface area contributed by atoms with E-state index in [1.165, 1.54) is 22.8 Å². The summed E-state index contributed by atoms with van der Waals surface area (Å²) in [5.41, 5.74) is 1.85. The molecular formula is C22H20Cl2N2O4S. The maximum Gasteiger partial charge on any atom is 0.250 e. The van der Waals surface area contributed by atoms with Crippen LogP contribution < -0.4 is 5.56 Å². The van der Waals surface area contributed by atoms with Crippen molar-refractivity contribution >= 4 is 33.0 Å². The molecule has 2 unspecified atom stereocenters. The average molecular weight is 479 g/mol. The zero-order valence-electron chi connectivity index (χ0n) is 16.8. The molecule has 2 aromatic carbocycles. The molecule has 9 heteroatoms. The normalized spacial score (nSPS) is 13.5. The van der Waals surface area contributed by atoms with E-state index in [9.17, 15) is 18.1 Å². The molecule has 3 aromatic rings. The number of rotatable bonds is 7. The molecule has 0 bridgehead atoms. The van der Waals surface area contributed by atoms with Gasteiger partial charge in [-0.05, 0) is 59.5 Å². The van der Waals surface area contributed by atoms with Gasteiger partial charge in [0.15, 0.2) is 9.84 Å². The van der Waals surface area contributed by atoms with Crippen LogP contribution in [-0.4, -0.2) is 19.2 Å². The summed E-state index contributed by atoms with van der Waals surface area (Å²) in [5, 5.41) is 4.24. The highest BCUT2D eigenvalue weighted by Crippen LogP contribution is 2.39. The molecule has 0 aliphatic carbocycles. The van der Waals surface area contributed by atoms with Gasteiger partial charge in [-0.25, -0.2) is 8.42 Å². The van der Waals surface area contributed by atoms with Crippen molar-refractivity contribution in [3.8, 4) is 0 Å². The molecule has 0 fully saturated rings. The minimum atomic E-state index is -3.35. The van der Waals surface area contributed by atoms with Crippen molar-refractivity contribution in [1.82, 2.24) is 4.57 Å². The molecule has 162 valence electrons. The maximum atomic E-state index is 11.8. The van der Waals surface area contributed by atoms with Crippen molar-refractivity contribution in [2.24, 2.45) is 12.2 Å². The Hall–Kier alpha value is -2.48. The molecule has 0 amide bonds. The lowest BCUT2D eigenvalue weighted by Gasteiger charge is -2.22. The van der Waals surface area contributed by atoms with Crippen LogP contribution in [0.15, 0.2) is 75.7 Å². The highest BCUT2D eigenvalue weighted by molar-refractivity contribution is 7.90. The number of hydrogen-bond donors (Lipinski definition) is 0. The van der Waals surface area contributed by atoms with Crippen LogP contribution in [0.2, 0.25) is 10.0 Å². The number of aryl methyl sites for hydroxylation is 1. The summed E-state index contributed by atoms with van der Waals surface area (Å²) >= 11 is 12.7. The number of pyridine rings is 1. The van der Waals surface area contributed by atoms with E-state index < -0.39 is 15.9 Å². The molecule has 0 saturated carbocycles. The fourth-order valence-corrected chi connectivity index (χ4v) is 4.51. The number of halogens is 2. The Labute approximate surface area is 190 Å². The van der Waals surface area contributed by atoms with E-state index >= 15 is 0 Å². The van der Waals surface area contributed by atoms with Crippen LogP contribution in [0.5, 0.6) is 0 Å². The summed E-state index contributed by atoms with van der Waals surface area (Å²) in [7, 11) is -1.75. The van der Waals surface area contributed by atoms with Crippen molar-refractivity contribution in [3.63, 3.8) is 0 Å².